The van der Waals surface area contributed by atoms with Gasteiger partial charge < -0.3 is 4.90 Å². The number of aromatic nitrogens is 1. The number of aryl methyl sites for hydroxylation is 2. The van der Waals surface area contributed by atoms with Gasteiger partial charge in [-0.25, -0.2) is 13.4 Å². The van der Waals surface area contributed by atoms with Crippen LogP contribution in [0.3, 0.4) is 0 Å². The van der Waals surface area contributed by atoms with Gasteiger partial charge in [-0.3, -0.25) is 4.79 Å². The van der Waals surface area contributed by atoms with Crippen LogP contribution in [0.1, 0.15) is 17.6 Å². The molecule has 0 saturated carbocycles. The van der Waals surface area contributed by atoms with E-state index >= 15 is 0 Å². The molecule has 1 amide bonds. The molecule has 1 aromatic rings. The Balaban J connectivity index is 2.19. The Bertz CT molecular complexity index is 586. The molecule has 1 aromatic heterocycles. The highest BCUT2D eigenvalue weighted by Gasteiger charge is 2.31. The summed E-state index contributed by atoms with van der Waals surface area (Å²) < 4.78 is 26.7. The third-order valence-corrected chi connectivity index (χ3v) is 6.68. The van der Waals surface area contributed by atoms with Gasteiger partial charge in [-0.15, -0.1) is 11.3 Å². The van der Waals surface area contributed by atoms with E-state index in [1.54, 1.807) is 18.7 Å². The van der Waals surface area contributed by atoms with E-state index in [4.69, 9.17) is 0 Å². The summed E-state index contributed by atoms with van der Waals surface area (Å²) in [6.45, 7) is 6.60. The number of amides is 1. The van der Waals surface area contributed by atoms with Gasteiger partial charge in [-0.1, -0.05) is 0 Å². The summed E-state index contributed by atoms with van der Waals surface area (Å²) in [6.07, 6.45) is 0. The predicted molar refractivity (Wildman–Crippen MR) is 72.6 cm³/mol. The summed E-state index contributed by atoms with van der Waals surface area (Å²) >= 11 is 1.20. The summed E-state index contributed by atoms with van der Waals surface area (Å²) in [5.74, 6) is -0.0122. The summed E-state index contributed by atoms with van der Waals surface area (Å²) in [7, 11) is -3.47. The SMILES string of the molecule is CC(=O)N1CCN(S(=O)(=O)c2sc(C)nc2C)CC1. The highest BCUT2D eigenvalue weighted by atomic mass is 32.2. The summed E-state index contributed by atoms with van der Waals surface area (Å²) in [5.41, 5.74) is 0.552. The molecule has 0 aliphatic carbocycles. The maximum absolute atomic E-state index is 12.5. The smallest absolute Gasteiger partial charge is 0.254 e. The number of thiazole rings is 1. The number of carbonyl (C=O) groups excluding carboxylic acids is 1. The molecule has 0 aromatic carbocycles. The van der Waals surface area contributed by atoms with Crippen molar-refractivity contribution in [1.82, 2.24) is 14.2 Å². The van der Waals surface area contributed by atoms with Gasteiger partial charge >= 0.3 is 0 Å². The summed E-state index contributed by atoms with van der Waals surface area (Å²) in [4.78, 5) is 17.1. The van der Waals surface area contributed by atoms with Gasteiger partial charge in [0.1, 0.15) is 0 Å². The lowest BCUT2D eigenvalue weighted by molar-refractivity contribution is -0.129. The van der Waals surface area contributed by atoms with Crippen molar-refractivity contribution in [3.63, 3.8) is 0 Å². The highest BCUT2D eigenvalue weighted by Crippen LogP contribution is 2.26. The van der Waals surface area contributed by atoms with Crippen molar-refractivity contribution in [3.8, 4) is 0 Å². The third kappa shape index (κ3) is 2.80. The lowest BCUT2D eigenvalue weighted by Crippen LogP contribution is -2.49. The molecule has 6 nitrogen and oxygen atoms in total. The van der Waals surface area contributed by atoms with Gasteiger partial charge in [0.05, 0.1) is 10.7 Å². The molecule has 2 heterocycles. The summed E-state index contributed by atoms with van der Waals surface area (Å²) in [6, 6.07) is 0. The normalized spacial score (nSPS) is 17.7. The largest absolute Gasteiger partial charge is 0.340 e. The van der Waals surface area contributed by atoms with Crippen LogP contribution in [0.2, 0.25) is 0 Å². The standard InChI is InChI=1S/C11H17N3O3S2/c1-8-11(18-9(2)12-8)19(16,17)14-6-4-13(5-7-14)10(3)15/h4-7H2,1-3H3. The van der Waals surface area contributed by atoms with Gasteiger partial charge in [0.15, 0.2) is 4.21 Å². The fourth-order valence-electron chi connectivity index (χ4n) is 2.11. The minimum Gasteiger partial charge on any atom is -0.340 e. The number of carbonyl (C=O) groups is 1. The molecule has 0 unspecified atom stereocenters. The molecule has 1 fully saturated rings. The lowest BCUT2D eigenvalue weighted by Gasteiger charge is -2.33. The third-order valence-electron chi connectivity index (χ3n) is 3.12. The van der Waals surface area contributed by atoms with Gasteiger partial charge in [0.2, 0.25) is 5.91 Å². The first kappa shape index (κ1) is 14.4. The van der Waals surface area contributed by atoms with E-state index in [1.165, 1.54) is 22.6 Å². The Morgan fingerprint density at radius 2 is 1.79 bits per heavy atom. The minimum absolute atomic E-state index is 0.0122. The number of hydrogen-bond acceptors (Lipinski definition) is 5. The Kier molecular flexibility index (Phi) is 3.93. The van der Waals surface area contributed by atoms with Crippen molar-refractivity contribution in [3.05, 3.63) is 10.7 Å². The quantitative estimate of drug-likeness (QED) is 0.803. The van der Waals surface area contributed by atoms with Crippen LogP contribution in [0, 0.1) is 13.8 Å². The lowest BCUT2D eigenvalue weighted by atomic mass is 10.3. The van der Waals surface area contributed by atoms with Crippen molar-refractivity contribution in [2.24, 2.45) is 0 Å². The second kappa shape index (κ2) is 5.18. The predicted octanol–water partition coefficient (Wildman–Crippen LogP) is 0.613. The Morgan fingerprint density at radius 1 is 1.21 bits per heavy atom. The van der Waals surface area contributed by atoms with Gasteiger partial charge in [0.25, 0.3) is 10.0 Å². The van der Waals surface area contributed by atoms with Crippen LogP contribution in [0.15, 0.2) is 4.21 Å². The van der Waals surface area contributed by atoms with Gasteiger partial charge in [-0.05, 0) is 13.8 Å². The first-order valence-electron chi connectivity index (χ1n) is 6.02. The van der Waals surface area contributed by atoms with Crippen LogP contribution in [0.25, 0.3) is 0 Å². The molecule has 0 bridgehead atoms. The van der Waals surface area contributed by atoms with Crippen LogP contribution in [-0.4, -0.2) is 54.7 Å². The fraction of sp³-hybridized carbons (Fsp3) is 0.636. The molecule has 19 heavy (non-hydrogen) atoms. The second-order valence-electron chi connectivity index (χ2n) is 4.52. The molecular weight excluding hydrogens is 286 g/mol. The number of nitrogens with zero attached hydrogens (tertiary/aromatic N) is 3. The molecule has 0 atom stereocenters. The number of rotatable bonds is 2. The molecule has 1 saturated heterocycles. The zero-order valence-corrected chi connectivity index (χ0v) is 12.8. The molecule has 8 heteroatoms. The van der Waals surface area contributed by atoms with Gasteiger partial charge in [-0.2, -0.15) is 4.31 Å². The van der Waals surface area contributed by atoms with Crippen molar-refractivity contribution in [1.29, 1.82) is 0 Å². The maximum Gasteiger partial charge on any atom is 0.254 e. The first-order valence-corrected chi connectivity index (χ1v) is 8.27. The van der Waals surface area contributed by atoms with Crippen LogP contribution in [0.5, 0.6) is 0 Å². The van der Waals surface area contributed by atoms with E-state index in [2.05, 4.69) is 4.98 Å². The molecule has 0 N–H and O–H groups in total. The molecule has 2 rings (SSSR count). The Labute approximate surface area is 117 Å². The van der Waals surface area contributed by atoms with Gasteiger partial charge in [0, 0.05) is 33.1 Å². The Hall–Kier alpha value is -0.990. The topological polar surface area (TPSA) is 70.6 Å². The van der Waals surface area contributed by atoms with E-state index in [0.29, 0.717) is 36.1 Å². The number of piperazine rings is 1. The second-order valence-corrected chi connectivity index (χ2v) is 7.85. The molecule has 0 radical (unpaired) electrons. The number of hydrogen-bond donors (Lipinski definition) is 0. The average molecular weight is 303 g/mol. The van der Waals surface area contributed by atoms with E-state index < -0.39 is 10.0 Å². The minimum atomic E-state index is -3.47. The zero-order chi connectivity index (χ0) is 14.2. The summed E-state index contributed by atoms with van der Waals surface area (Å²) in [5, 5.41) is 0.749. The maximum atomic E-state index is 12.5. The fourth-order valence-corrected chi connectivity index (χ4v) is 5.15. The van der Waals surface area contributed by atoms with Crippen LogP contribution in [0.4, 0.5) is 0 Å². The molecule has 1 aliphatic rings. The van der Waals surface area contributed by atoms with Crippen LogP contribution < -0.4 is 0 Å². The van der Waals surface area contributed by atoms with E-state index in [1.807, 2.05) is 0 Å². The zero-order valence-electron chi connectivity index (χ0n) is 11.2. The van der Waals surface area contributed by atoms with Crippen molar-refractivity contribution < 1.29 is 13.2 Å². The molecule has 1 aliphatic heterocycles. The monoisotopic (exact) mass is 303 g/mol. The molecular formula is C11H17N3O3S2. The van der Waals surface area contributed by atoms with Crippen LogP contribution in [-0.2, 0) is 14.8 Å². The Morgan fingerprint density at radius 3 is 2.21 bits per heavy atom. The first-order chi connectivity index (χ1) is 8.82. The van der Waals surface area contributed by atoms with E-state index in [-0.39, 0.29) is 5.91 Å². The van der Waals surface area contributed by atoms with E-state index in [9.17, 15) is 13.2 Å². The van der Waals surface area contributed by atoms with Crippen molar-refractivity contribution >= 4 is 27.3 Å². The van der Waals surface area contributed by atoms with Crippen molar-refractivity contribution in [2.45, 2.75) is 25.0 Å². The number of sulfonamides is 1. The van der Waals surface area contributed by atoms with E-state index in [0.717, 1.165) is 5.01 Å². The van der Waals surface area contributed by atoms with Crippen molar-refractivity contribution in [2.75, 3.05) is 26.2 Å². The molecule has 106 valence electrons. The molecule has 0 spiro atoms. The highest BCUT2D eigenvalue weighted by molar-refractivity contribution is 7.91. The van der Waals surface area contributed by atoms with Crippen LogP contribution >= 0.6 is 11.3 Å². The average Bonchev–Trinajstić information content (AvgIpc) is 2.69.